The van der Waals surface area contributed by atoms with E-state index in [4.69, 9.17) is 0 Å². The van der Waals surface area contributed by atoms with Gasteiger partial charge in [0.15, 0.2) is 0 Å². The molecule has 3 amide bonds. The van der Waals surface area contributed by atoms with E-state index in [9.17, 15) is 14.4 Å². The molecule has 4 rings (SSSR count). The van der Waals surface area contributed by atoms with Crippen LogP contribution in [0.25, 0.3) is 6.08 Å². The van der Waals surface area contributed by atoms with Gasteiger partial charge in [-0.1, -0.05) is 54.6 Å². The van der Waals surface area contributed by atoms with Crippen molar-refractivity contribution in [3.8, 4) is 0 Å². The third kappa shape index (κ3) is 8.19. The summed E-state index contributed by atoms with van der Waals surface area (Å²) in [5.74, 6) is -0.732. The molecular formula is C33H31N3O3S. The summed E-state index contributed by atoms with van der Waals surface area (Å²) in [5, 5.41) is 8.59. The Kier molecular flexibility index (Phi) is 9.54. The molecular weight excluding hydrogens is 518 g/mol. The van der Waals surface area contributed by atoms with Crippen molar-refractivity contribution in [3.63, 3.8) is 0 Å². The van der Waals surface area contributed by atoms with E-state index in [0.717, 1.165) is 32.8 Å². The molecule has 0 aliphatic rings. The van der Waals surface area contributed by atoms with Gasteiger partial charge in [0.25, 0.3) is 11.8 Å². The van der Waals surface area contributed by atoms with Crippen LogP contribution >= 0.6 is 11.8 Å². The minimum absolute atomic E-state index is 0.114. The fourth-order valence-corrected chi connectivity index (χ4v) is 4.86. The lowest BCUT2D eigenvalue weighted by atomic mass is 10.1. The van der Waals surface area contributed by atoms with Crippen LogP contribution in [0.3, 0.4) is 0 Å². The maximum Gasteiger partial charge on any atom is 0.272 e. The molecule has 6 nitrogen and oxygen atoms in total. The molecule has 0 atom stereocenters. The third-order valence-electron chi connectivity index (χ3n) is 5.98. The first-order valence-electron chi connectivity index (χ1n) is 12.8. The van der Waals surface area contributed by atoms with Crippen molar-refractivity contribution in [2.75, 3.05) is 16.4 Å². The van der Waals surface area contributed by atoms with Gasteiger partial charge in [-0.25, -0.2) is 0 Å². The Morgan fingerprint density at radius 1 is 0.725 bits per heavy atom. The number of benzene rings is 4. The van der Waals surface area contributed by atoms with Crippen molar-refractivity contribution in [2.24, 2.45) is 0 Å². The molecule has 0 saturated heterocycles. The maximum atomic E-state index is 13.4. The average molecular weight is 550 g/mol. The van der Waals surface area contributed by atoms with E-state index in [1.807, 2.05) is 75.4 Å². The van der Waals surface area contributed by atoms with Gasteiger partial charge < -0.3 is 16.0 Å². The molecule has 4 aromatic carbocycles. The molecule has 0 unspecified atom stereocenters. The van der Waals surface area contributed by atoms with Crippen molar-refractivity contribution in [2.45, 2.75) is 25.7 Å². The highest BCUT2D eigenvalue weighted by Crippen LogP contribution is 2.23. The van der Waals surface area contributed by atoms with Gasteiger partial charge in [-0.3, -0.25) is 14.4 Å². The second-order valence-electron chi connectivity index (χ2n) is 9.43. The lowest BCUT2D eigenvalue weighted by Crippen LogP contribution is -2.30. The van der Waals surface area contributed by atoms with E-state index in [-0.39, 0.29) is 23.3 Å². The summed E-state index contributed by atoms with van der Waals surface area (Å²) in [6.45, 7) is 5.93. The van der Waals surface area contributed by atoms with Gasteiger partial charge in [-0.15, -0.1) is 11.8 Å². The number of rotatable bonds is 9. The molecule has 0 fully saturated rings. The van der Waals surface area contributed by atoms with Crippen LogP contribution in [0.5, 0.6) is 0 Å². The number of hydrogen-bond acceptors (Lipinski definition) is 4. The molecule has 0 heterocycles. The molecule has 202 valence electrons. The van der Waals surface area contributed by atoms with E-state index in [2.05, 4.69) is 22.0 Å². The van der Waals surface area contributed by atoms with Crippen molar-refractivity contribution >= 4 is 46.9 Å². The molecule has 0 aliphatic heterocycles. The number of hydrogen-bond donors (Lipinski definition) is 3. The van der Waals surface area contributed by atoms with Crippen LogP contribution in [0.15, 0.2) is 108 Å². The highest BCUT2D eigenvalue weighted by Gasteiger charge is 2.16. The van der Waals surface area contributed by atoms with Crippen LogP contribution in [0.4, 0.5) is 11.4 Å². The quantitative estimate of drug-likeness (QED) is 0.159. The monoisotopic (exact) mass is 549 g/mol. The molecule has 0 saturated carbocycles. The summed E-state index contributed by atoms with van der Waals surface area (Å²) in [6.07, 6.45) is 1.67. The average Bonchev–Trinajstić information content (AvgIpc) is 2.93. The summed E-state index contributed by atoms with van der Waals surface area (Å²) in [6, 6.07) is 29.6. The molecule has 3 N–H and O–H groups in total. The van der Waals surface area contributed by atoms with E-state index in [1.54, 1.807) is 42.5 Å². The minimum Gasteiger partial charge on any atom is -0.325 e. The summed E-state index contributed by atoms with van der Waals surface area (Å²) in [5.41, 5.74) is 5.85. The van der Waals surface area contributed by atoms with Crippen LogP contribution in [0.1, 0.15) is 32.6 Å². The largest absolute Gasteiger partial charge is 0.325 e. The number of anilines is 2. The van der Waals surface area contributed by atoms with Gasteiger partial charge >= 0.3 is 0 Å². The lowest BCUT2D eigenvalue weighted by Gasteiger charge is -2.13. The fraction of sp³-hybridized carbons (Fsp3) is 0.121. The first kappa shape index (κ1) is 28.4. The molecule has 4 aromatic rings. The Morgan fingerprint density at radius 2 is 1.43 bits per heavy atom. The van der Waals surface area contributed by atoms with Crippen molar-refractivity contribution in [1.29, 1.82) is 0 Å². The molecule has 40 heavy (non-hydrogen) atoms. The van der Waals surface area contributed by atoms with Gasteiger partial charge in [0.05, 0.1) is 5.75 Å². The standard InChI is InChI=1S/C33H31N3O3S/c1-22-16-23(2)18-28(17-22)34-31(37)21-40-29-15-9-14-27(20-29)35-33(39)30(19-26-13-8-7-10-24(26)3)36-32(38)25-11-5-4-6-12-25/h4-20H,21H2,1-3H3,(H,34,37)(H,35,39)(H,36,38)/b30-19-. The van der Waals surface area contributed by atoms with Gasteiger partial charge in [-0.2, -0.15) is 0 Å². The zero-order chi connectivity index (χ0) is 28.5. The summed E-state index contributed by atoms with van der Waals surface area (Å²) in [4.78, 5) is 39.6. The Hall–Kier alpha value is -4.62. The van der Waals surface area contributed by atoms with Gasteiger partial charge in [0, 0.05) is 21.8 Å². The van der Waals surface area contributed by atoms with Crippen molar-refractivity contribution in [3.05, 3.63) is 131 Å². The Morgan fingerprint density at radius 3 is 2.15 bits per heavy atom. The summed E-state index contributed by atoms with van der Waals surface area (Å²) in [7, 11) is 0. The van der Waals surface area contributed by atoms with E-state index in [1.165, 1.54) is 11.8 Å². The van der Waals surface area contributed by atoms with Crippen LogP contribution in [-0.2, 0) is 9.59 Å². The SMILES string of the molecule is Cc1cc(C)cc(NC(=O)CSc2cccc(NC(=O)/C(=C/c3ccccc3C)NC(=O)c3ccccc3)c2)c1. The lowest BCUT2D eigenvalue weighted by molar-refractivity contribution is -0.114. The zero-order valence-corrected chi connectivity index (χ0v) is 23.5. The Labute approximate surface area is 238 Å². The molecule has 0 bridgehead atoms. The predicted octanol–water partition coefficient (Wildman–Crippen LogP) is 6.75. The Balaban J connectivity index is 1.45. The number of aryl methyl sites for hydroxylation is 3. The second kappa shape index (κ2) is 13.4. The van der Waals surface area contributed by atoms with Crippen molar-refractivity contribution < 1.29 is 14.4 Å². The van der Waals surface area contributed by atoms with Crippen LogP contribution in [0, 0.1) is 20.8 Å². The third-order valence-corrected chi connectivity index (χ3v) is 6.98. The van der Waals surface area contributed by atoms with Crippen LogP contribution in [-0.4, -0.2) is 23.5 Å². The van der Waals surface area contributed by atoms with Crippen LogP contribution in [0.2, 0.25) is 0 Å². The Bertz CT molecular complexity index is 1540. The maximum absolute atomic E-state index is 13.4. The molecule has 0 aliphatic carbocycles. The normalized spacial score (nSPS) is 11.0. The topological polar surface area (TPSA) is 87.3 Å². The van der Waals surface area contributed by atoms with Crippen molar-refractivity contribution in [1.82, 2.24) is 5.32 Å². The minimum atomic E-state index is -0.456. The summed E-state index contributed by atoms with van der Waals surface area (Å²) >= 11 is 1.37. The highest BCUT2D eigenvalue weighted by molar-refractivity contribution is 8.00. The first-order chi connectivity index (χ1) is 19.3. The second-order valence-corrected chi connectivity index (χ2v) is 10.5. The zero-order valence-electron chi connectivity index (χ0n) is 22.7. The number of carbonyl (C=O) groups excluding carboxylic acids is 3. The van der Waals surface area contributed by atoms with E-state index in [0.29, 0.717) is 11.3 Å². The molecule has 0 radical (unpaired) electrons. The number of nitrogens with one attached hydrogen (secondary N) is 3. The summed E-state index contributed by atoms with van der Waals surface area (Å²) < 4.78 is 0. The number of thioether (sulfide) groups is 1. The van der Waals surface area contributed by atoms with E-state index < -0.39 is 5.91 Å². The van der Waals surface area contributed by atoms with Gasteiger partial charge in [0.1, 0.15) is 5.70 Å². The predicted molar refractivity (Wildman–Crippen MR) is 163 cm³/mol. The highest BCUT2D eigenvalue weighted by atomic mass is 32.2. The van der Waals surface area contributed by atoms with Gasteiger partial charge in [-0.05, 0) is 91.6 Å². The van der Waals surface area contributed by atoms with Crippen LogP contribution < -0.4 is 16.0 Å². The number of amides is 3. The smallest absolute Gasteiger partial charge is 0.272 e. The van der Waals surface area contributed by atoms with Gasteiger partial charge in [0.2, 0.25) is 5.91 Å². The first-order valence-corrected chi connectivity index (χ1v) is 13.8. The van der Waals surface area contributed by atoms with E-state index >= 15 is 0 Å². The molecule has 0 aromatic heterocycles. The fourth-order valence-electron chi connectivity index (χ4n) is 4.10. The molecule has 0 spiro atoms. The number of carbonyl (C=O) groups is 3. The molecule has 7 heteroatoms.